The molecule has 1 amide bonds. The van der Waals surface area contributed by atoms with E-state index in [9.17, 15) is 4.79 Å². The average Bonchev–Trinajstić information content (AvgIpc) is 2.89. The summed E-state index contributed by atoms with van der Waals surface area (Å²) in [7, 11) is 0. The molecule has 0 bridgehead atoms. The first-order chi connectivity index (χ1) is 9.72. The standard InChI is InChI=1S/C15H14N4O/c16-15-17-8-12-9-19(10-13(12)18-15)14(20)7-6-11-4-2-1-3-5-11/h1-8H,9-10H2,(H2,16,17,18)/b7-6+. The summed E-state index contributed by atoms with van der Waals surface area (Å²) in [6, 6.07) is 9.73. The zero-order valence-corrected chi connectivity index (χ0v) is 10.9. The fourth-order valence-corrected chi connectivity index (χ4v) is 2.16. The Morgan fingerprint density at radius 1 is 1.25 bits per heavy atom. The van der Waals surface area contributed by atoms with Crippen molar-refractivity contribution in [1.82, 2.24) is 14.9 Å². The van der Waals surface area contributed by atoms with Gasteiger partial charge in [0.15, 0.2) is 0 Å². The molecule has 1 aromatic heterocycles. The van der Waals surface area contributed by atoms with Gasteiger partial charge in [-0.15, -0.1) is 0 Å². The molecule has 0 fully saturated rings. The molecule has 0 radical (unpaired) electrons. The number of carbonyl (C=O) groups is 1. The van der Waals surface area contributed by atoms with Gasteiger partial charge in [0.1, 0.15) is 0 Å². The molecular weight excluding hydrogens is 252 g/mol. The number of fused-ring (bicyclic) bond motifs is 1. The number of nitrogen functional groups attached to an aromatic ring is 1. The molecule has 100 valence electrons. The number of benzene rings is 1. The van der Waals surface area contributed by atoms with Gasteiger partial charge >= 0.3 is 0 Å². The second-order valence-electron chi connectivity index (χ2n) is 4.64. The third-order valence-electron chi connectivity index (χ3n) is 3.20. The fraction of sp³-hybridized carbons (Fsp3) is 0.133. The van der Waals surface area contributed by atoms with E-state index < -0.39 is 0 Å². The number of nitrogens with two attached hydrogens (primary N) is 1. The van der Waals surface area contributed by atoms with Crippen molar-refractivity contribution in [3.8, 4) is 0 Å². The van der Waals surface area contributed by atoms with E-state index in [2.05, 4.69) is 9.97 Å². The van der Waals surface area contributed by atoms with Crippen molar-refractivity contribution in [3.63, 3.8) is 0 Å². The van der Waals surface area contributed by atoms with Crippen molar-refractivity contribution in [3.05, 3.63) is 59.4 Å². The number of hydrogen-bond donors (Lipinski definition) is 1. The van der Waals surface area contributed by atoms with Gasteiger partial charge < -0.3 is 10.6 Å². The third-order valence-corrected chi connectivity index (χ3v) is 3.20. The molecule has 1 aliphatic heterocycles. The molecule has 5 heteroatoms. The first kappa shape index (κ1) is 12.3. The lowest BCUT2D eigenvalue weighted by molar-refractivity contribution is -0.126. The quantitative estimate of drug-likeness (QED) is 0.838. The lowest BCUT2D eigenvalue weighted by Gasteiger charge is -2.11. The minimum Gasteiger partial charge on any atom is -0.368 e. The molecule has 2 heterocycles. The third kappa shape index (κ3) is 2.51. The molecule has 5 nitrogen and oxygen atoms in total. The van der Waals surface area contributed by atoms with Crippen LogP contribution in [0.2, 0.25) is 0 Å². The SMILES string of the molecule is Nc1ncc2c(n1)CN(C(=O)/C=C/c1ccccc1)C2. The summed E-state index contributed by atoms with van der Waals surface area (Å²) in [6.45, 7) is 1.02. The predicted octanol–water partition coefficient (Wildman–Crippen LogP) is 1.61. The van der Waals surface area contributed by atoms with Crippen LogP contribution in [-0.2, 0) is 17.9 Å². The maximum absolute atomic E-state index is 12.1. The van der Waals surface area contributed by atoms with Gasteiger partial charge in [-0.2, -0.15) is 0 Å². The van der Waals surface area contributed by atoms with Crippen LogP contribution in [0, 0.1) is 0 Å². The van der Waals surface area contributed by atoms with Crippen molar-refractivity contribution in [1.29, 1.82) is 0 Å². The van der Waals surface area contributed by atoms with Crippen molar-refractivity contribution >= 4 is 17.9 Å². The monoisotopic (exact) mass is 266 g/mol. The first-order valence-corrected chi connectivity index (χ1v) is 6.35. The number of rotatable bonds is 2. The van der Waals surface area contributed by atoms with Crippen LogP contribution < -0.4 is 5.73 Å². The summed E-state index contributed by atoms with van der Waals surface area (Å²) >= 11 is 0. The van der Waals surface area contributed by atoms with Gasteiger partial charge in [0.25, 0.3) is 0 Å². The molecule has 0 atom stereocenters. The Morgan fingerprint density at radius 3 is 2.85 bits per heavy atom. The van der Waals surface area contributed by atoms with E-state index in [-0.39, 0.29) is 11.9 Å². The fourth-order valence-electron chi connectivity index (χ4n) is 2.16. The molecule has 0 saturated carbocycles. The van der Waals surface area contributed by atoms with Crippen molar-refractivity contribution < 1.29 is 4.79 Å². The lowest BCUT2D eigenvalue weighted by atomic mass is 10.2. The highest BCUT2D eigenvalue weighted by atomic mass is 16.2. The number of anilines is 1. The number of hydrogen-bond acceptors (Lipinski definition) is 4. The van der Waals surface area contributed by atoms with Gasteiger partial charge in [-0.05, 0) is 11.6 Å². The number of aromatic nitrogens is 2. The maximum atomic E-state index is 12.1. The van der Waals surface area contributed by atoms with Crippen LogP contribution in [0.3, 0.4) is 0 Å². The van der Waals surface area contributed by atoms with Crippen LogP contribution >= 0.6 is 0 Å². The summed E-state index contributed by atoms with van der Waals surface area (Å²) in [5.74, 6) is 0.211. The summed E-state index contributed by atoms with van der Waals surface area (Å²) in [6.07, 6.45) is 5.08. The molecule has 1 aromatic carbocycles. The van der Waals surface area contributed by atoms with Gasteiger partial charge in [0.2, 0.25) is 11.9 Å². The molecule has 1 aliphatic rings. The predicted molar refractivity (Wildman–Crippen MR) is 76.2 cm³/mol. The zero-order valence-electron chi connectivity index (χ0n) is 10.9. The van der Waals surface area contributed by atoms with Crippen LogP contribution in [0.1, 0.15) is 16.8 Å². The molecule has 2 N–H and O–H groups in total. The topological polar surface area (TPSA) is 72.1 Å². The largest absolute Gasteiger partial charge is 0.368 e. The van der Waals surface area contributed by atoms with Crippen molar-refractivity contribution in [2.24, 2.45) is 0 Å². The average molecular weight is 266 g/mol. The van der Waals surface area contributed by atoms with Crippen molar-refractivity contribution in [2.45, 2.75) is 13.1 Å². The highest BCUT2D eigenvalue weighted by molar-refractivity contribution is 5.92. The van der Waals surface area contributed by atoms with Gasteiger partial charge in [-0.25, -0.2) is 9.97 Å². The Bertz CT molecular complexity index is 667. The molecular formula is C15H14N4O. The van der Waals surface area contributed by atoms with Crippen LogP contribution in [0.4, 0.5) is 5.95 Å². The summed E-state index contributed by atoms with van der Waals surface area (Å²) in [5, 5.41) is 0. The van der Waals surface area contributed by atoms with Crippen molar-refractivity contribution in [2.75, 3.05) is 5.73 Å². The van der Waals surface area contributed by atoms with Gasteiger partial charge in [-0.1, -0.05) is 30.3 Å². The first-order valence-electron chi connectivity index (χ1n) is 6.35. The summed E-state index contributed by atoms with van der Waals surface area (Å²) in [4.78, 5) is 22.0. The van der Waals surface area contributed by atoms with E-state index in [1.807, 2.05) is 36.4 Å². The number of amides is 1. The van der Waals surface area contributed by atoms with Gasteiger partial charge in [0, 0.05) is 24.4 Å². The van der Waals surface area contributed by atoms with Crippen LogP contribution in [0.15, 0.2) is 42.6 Å². The Labute approximate surface area is 116 Å². The normalized spacial score (nSPS) is 13.7. The van der Waals surface area contributed by atoms with Crippen LogP contribution in [0.25, 0.3) is 6.08 Å². The lowest BCUT2D eigenvalue weighted by Crippen LogP contribution is -2.23. The Hall–Kier alpha value is -2.69. The second-order valence-corrected chi connectivity index (χ2v) is 4.64. The number of carbonyl (C=O) groups excluding carboxylic acids is 1. The van der Waals surface area contributed by atoms with E-state index in [1.54, 1.807) is 17.2 Å². The molecule has 2 aromatic rings. The maximum Gasteiger partial charge on any atom is 0.247 e. The minimum absolute atomic E-state index is 0.0366. The van der Waals surface area contributed by atoms with E-state index in [0.29, 0.717) is 13.1 Å². The Balaban J connectivity index is 1.70. The minimum atomic E-state index is -0.0366. The number of nitrogens with zero attached hydrogens (tertiary/aromatic N) is 3. The van der Waals surface area contributed by atoms with Crippen LogP contribution in [-0.4, -0.2) is 20.8 Å². The Morgan fingerprint density at radius 2 is 2.05 bits per heavy atom. The highest BCUT2D eigenvalue weighted by Crippen LogP contribution is 2.21. The van der Waals surface area contributed by atoms with E-state index in [1.165, 1.54) is 0 Å². The smallest absolute Gasteiger partial charge is 0.247 e. The molecule has 0 unspecified atom stereocenters. The summed E-state index contributed by atoms with van der Waals surface area (Å²) in [5.41, 5.74) is 8.34. The molecule has 0 spiro atoms. The van der Waals surface area contributed by atoms with E-state index in [0.717, 1.165) is 16.8 Å². The molecule has 0 saturated heterocycles. The second kappa shape index (κ2) is 5.13. The zero-order chi connectivity index (χ0) is 13.9. The van der Waals surface area contributed by atoms with Gasteiger partial charge in [0.05, 0.1) is 12.2 Å². The summed E-state index contributed by atoms with van der Waals surface area (Å²) < 4.78 is 0. The Kier molecular flexibility index (Phi) is 3.16. The van der Waals surface area contributed by atoms with E-state index in [4.69, 9.17) is 5.73 Å². The van der Waals surface area contributed by atoms with E-state index >= 15 is 0 Å². The highest BCUT2D eigenvalue weighted by Gasteiger charge is 2.23. The molecule has 20 heavy (non-hydrogen) atoms. The molecule has 3 rings (SSSR count). The van der Waals surface area contributed by atoms with Crippen LogP contribution in [0.5, 0.6) is 0 Å². The van der Waals surface area contributed by atoms with Gasteiger partial charge in [-0.3, -0.25) is 4.79 Å². The molecule has 0 aliphatic carbocycles.